The number of aromatic amines is 1. The molecule has 1 amide bonds. The number of aryl methyl sites for hydroxylation is 2. The molecule has 0 saturated carbocycles. The summed E-state index contributed by atoms with van der Waals surface area (Å²) >= 11 is 6.65. The number of carbonyl (C=O) groups is 1. The van der Waals surface area contributed by atoms with Gasteiger partial charge in [-0.15, -0.1) is 6.58 Å². The Hall–Kier alpha value is -2.78. The standard InChI is InChI=1S/C20H23N5O2S2/c1-4-12-25-18(23-24-20(25)28)17-13(3)21-19(29-17)22-16(26)11-8-14-6-9-15(10-7-14)27-5-2/h4,6-7,9-10H,1,5,8,11-12H2,2-3H3,(H,24,28)(H,21,22,26). The molecule has 0 bridgehead atoms. The van der Waals surface area contributed by atoms with Gasteiger partial charge in [-0.1, -0.05) is 29.5 Å². The minimum absolute atomic E-state index is 0.0795. The molecule has 7 nitrogen and oxygen atoms in total. The van der Waals surface area contributed by atoms with Crippen LogP contribution in [0.15, 0.2) is 36.9 Å². The molecular weight excluding hydrogens is 406 g/mol. The molecule has 0 saturated heterocycles. The van der Waals surface area contributed by atoms with E-state index in [0.29, 0.717) is 41.7 Å². The fourth-order valence-corrected chi connectivity index (χ4v) is 3.99. The van der Waals surface area contributed by atoms with Gasteiger partial charge in [0.2, 0.25) is 5.91 Å². The van der Waals surface area contributed by atoms with Gasteiger partial charge in [0, 0.05) is 13.0 Å². The molecule has 0 aliphatic carbocycles. The van der Waals surface area contributed by atoms with Crippen LogP contribution >= 0.6 is 23.6 Å². The first-order chi connectivity index (χ1) is 14.0. The summed E-state index contributed by atoms with van der Waals surface area (Å²) in [6.07, 6.45) is 2.78. The highest BCUT2D eigenvalue weighted by Gasteiger charge is 2.17. The van der Waals surface area contributed by atoms with E-state index in [1.54, 1.807) is 6.08 Å². The molecule has 0 aliphatic heterocycles. The van der Waals surface area contributed by atoms with Crippen LogP contribution in [0, 0.1) is 11.7 Å². The van der Waals surface area contributed by atoms with Gasteiger partial charge in [-0.3, -0.25) is 14.5 Å². The molecule has 2 N–H and O–H groups in total. The molecule has 0 radical (unpaired) electrons. The van der Waals surface area contributed by atoms with Crippen molar-refractivity contribution in [2.75, 3.05) is 11.9 Å². The Balaban J connectivity index is 1.64. The zero-order valence-electron chi connectivity index (χ0n) is 16.4. The maximum Gasteiger partial charge on any atom is 0.226 e. The zero-order valence-corrected chi connectivity index (χ0v) is 18.0. The maximum absolute atomic E-state index is 12.4. The van der Waals surface area contributed by atoms with E-state index in [4.69, 9.17) is 17.0 Å². The first kappa shape index (κ1) is 20.9. The molecule has 29 heavy (non-hydrogen) atoms. The van der Waals surface area contributed by atoms with Crippen molar-refractivity contribution in [1.82, 2.24) is 19.7 Å². The van der Waals surface area contributed by atoms with Crippen LogP contribution in [-0.2, 0) is 17.8 Å². The summed E-state index contributed by atoms with van der Waals surface area (Å²) in [5.74, 6) is 1.45. The van der Waals surface area contributed by atoms with Gasteiger partial charge in [-0.25, -0.2) is 4.98 Å². The molecule has 9 heteroatoms. The third-order valence-corrected chi connectivity index (χ3v) is 5.57. The van der Waals surface area contributed by atoms with Gasteiger partial charge >= 0.3 is 0 Å². The highest BCUT2D eigenvalue weighted by molar-refractivity contribution is 7.71. The third kappa shape index (κ3) is 5.18. The highest BCUT2D eigenvalue weighted by Crippen LogP contribution is 2.31. The van der Waals surface area contributed by atoms with Gasteiger partial charge in [-0.2, -0.15) is 5.10 Å². The average Bonchev–Trinajstić information content (AvgIpc) is 3.24. The van der Waals surface area contributed by atoms with Gasteiger partial charge in [-0.05, 0) is 50.2 Å². The van der Waals surface area contributed by atoms with E-state index in [1.165, 1.54) is 11.3 Å². The number of aromatic nitrogens is 4. The summed E-state index contributed by atoms with van der Waals surface area (Å²) in [4.78, 5) is 17.7. The van der Waals surface area contributed by atoms with Gasteiger partial charge in [0.05, 0.1) is 17.2 Å². The lowest BCUT2D eigenvalue weighted by atomic mass is 10.1. The van der Waals surface area contributed by atoms with Crippen molar-refractivity contribution in [3.8, 4) is 16.5 Å². The Morgan fingerprint density at radius 3 is 2.86 bits per heavy atom. The minimum Gasteiger partial charge on any atom is -0.494 e. The normalized spacial score (nSPS) is 10.7. The van der Waals surface area contributed by atoms with Crippen molar-refractivity contribution >= 4 is 34.6 Å². The number of amides is 1. The smallest absolute Gasteiger partial charge is 0.226 e. The number of H-pyrrole nitrogens is 1. The Morgan fingerprint density at radius 1 is 1.41 bits per heavy atom. The highest BCUT2D eigenvalue weighted by atomic mass is 32.1. The molecule has 1 aromatic carbocycles. The second kappa shape index (κ2) is 9.62. The maximum atomic E-state index is 12.4. The van der Waals surface area contributed by atoms with E-state index >= 15 is 0 Å². The second-order valence-electron chi connectivity index (χ2n) is 6.31. The van der Waals surface area contributed by atoms with Crippen LogP contribution in [0.3, 0.4) is 0 Å². The lowest BCUT2D eigenvalue weighted by Crippen LogP contribution is -2.12. The summed E-state index contributed by atoms with van der Waals surface area (Å²) in [6.45, 7) is 8.77. The quantitative estimate of drug-likeness (QED) is 0.386. The number of hydrogen-bond donors (Lipinski definition) is 2. The van der Waals surface area contributed by atoms with Crippen LogP contribution in [0.1, 0.15) is 24.6 Å². The van der Waals surface area contributed by atoms with Crippen LogP contribution in [0.4, 0.5) is 5.13 Å². The van der Waals surface area contributed by atoms with Crippen LogP contribution in [-0.4, -0.2) is 32.3 Å². The van der Waals surface area contributed by atoms with Crippen molar-refractivity contribution in [2.45, 2.75) is 33.2 Å². The van der Waals surface area contributed by atoms with Crippen molar-refractivity contribution in [3.63, 3.8) is 0 Å². The number of nitrogens with zero attached hydrogens (tertiary/aromatic N) is 3. The average molecular weight is 430 g/mol. The van der Waals surface area contributed by atoms with Gasteiger partial charge in [0.25, 0.3) is 0 Å². The van der Waals surface area contributed by atoms with Crippen molar-refractivity contribution in [2.24, 2.45) is 0 Å². The summed E-state index contributed by atoms with van der Waals surface area (Å²) < 4.78 is 7.80. The van der Waals surface area contributed by atoms with E-state index in [-0.39, 0.29) is 5.91 Å². The van der Waals surface area contributed by atoms with Gasteiger partial charge in [0.15, 0.2) is 15.7 Å². The minimum atomic E-state index is -0.0795. The summed E-state index contributed by atoms with van der Waals surface area (Å²) in [7, 11) is 0. The fraction of sp³-hybridized carbons (Fsp3) is 0.300. The van der Waals surface area contributed by atoms with Crippen molar-refractivity contribution in [3.05, 3.63) is 52.9 Å². The SMILES string of the molecule is C=CCn1c(-c2sc(NC(=O)CCc3ccc(OCC)cc3)nc2C)n[nH]c1=S. The van der Waals surface area contributed by atoms with Crippen molar-refractivity contribution < 1.29 is 9.53 Å². The fourth-order valence-electron chi connectivity index (χ4n) is 2.81. The number of benzene rings is 1. The summed E-state index contributed by atoms with van der Waals surface area (Å²) in [6, 6.07) is 7.80. The molecule has 152 valence electrons. The van der Waals surface area contributed by atoms with E-state index in [1.807, 2.05) is 42.7 Å². The molecule has 0 fully saturated rings. The largest absolute Gasteiger partial charge is 0.494 e. The monoisotopic (exact) mass is 429 g/mol. The lowest BCUT2D eigenvalue weighted by molar-refractivity contribution is -0.116. The number of anilines is 1. The number of carbonyl (C=O) groups excluding carboxylic acids is 1. The first-order valence-electron chi connectivity index (χ1n) is 9.27. The summed E-state index contributed by atoms with van der Waals surface area (Å²) in [5, 5.41) is 10.5. The molecule has 0 spiro atoms. The van der Waals surface area contributed by atoms with Gasteiger partial charge in [0.1, 0.15) is 5.75 Å². The zero-order chi connectivity index (χ0) is 20.8. The lowest BCUT2D eigenvalue weighted by Gasteiger charge is -2.05. The number of allylic oxidation sites excluding steroid dienone is 1. The molecule has 2 heterocycles. The van der Waals surface area contributed by atoms with E-state index < -0.39 is 0 Å². The number of nitrogens with one attached hydrogen (secondary N) is 2. The van der Waals surface area contributed by atoms with E-state index in [2.05, 4.69) is 27.1 Å². The molecule has 2 aromatic heterocycles. The van der Waals surface area contributed by atoms with E-state index in [9.17, 15) is 4.79 Å². The first-order valence-corrected chi connectivity index (χ1v) is 10.5. The van der Waals surface area contributed by atoms with Gasteiger partial charge < -0.3 is 10.1 Å². The number of hydrogen-bond acceptors (Lipinski definition) is 6. The molecule has 0 atom stereocenters. The molecule has 3 aromatic rings. The molecule has 0 unspecified atom stereocenters. The molecule has 0 aliphatic rings. The number of rotatable bonds is 9. The number of ether oxygens (including phenoxy) is 1. The number of thiazole rings is 1. The Kier molecular flexibility index (Phi) is 6.95. The Bertz CT molecular complexity index is 1050. The van der Waals surface area contributed by atoms with Crippen molar-refractivity contribution in [1.29, 1.82) is 0 Å². The van der Waals surface area contributed by atoms with Crippen LogP contribution in [0.25, 0.3) is 10.7 Å². The van der Waals surface area contributed by atoms with Crippen LogP contribution < -0.4 is 10.1 Å². The predicted molar refractivity (Wildman–Crippen MR) is 118 cm³/mol. The Morgan fingerprint density at radius 2 is 2.17 bits per heavy atom. The molecular formula is C20H23N5O2S2. The topological polar surface area (TPSA) is 84.8 Å². The predicted octanol–water partition coefficient (Wildman–Crippen LogP) is 4.53. The van der Waals surface area contributed by atoms with E-state index in [0.717, 1.165) is 21.9 Å². The van der Waals surface area contributed by atoms with Crippen LogP contribution in [0.2, 0.25) is 0 Å². The summed E-state index contributed by atoms with van der Waals surface area (Å²) in [5.41, 5.74) is 1.87. The molecule has 3 rings (SSSR count). The Labute approximate surface area is 178 Å². The second-order valence-corrected chi connectivity index (χ2v) is 7.70. The van der Waals surface area contributed by atoms with Crippen LogP contribution in [0.5, 0.6) is 5.75 Å². The third-order valence-electron chi connectivity index (χ3n) is 4.19.